The predicted octanol–water partition coefficient (Wildman–Crippen LogP) is 18.5. The zero-order valence-electron chi connectivity index (χ0n) is 45.2. The van der Waals surface area contributed by atoms with E-state index in [1.54, 1.807) is 0 Å². The molecule has 2 aliphatic rings. The van der Waals surface area contributed by atoms with Crippen LogP contribution in [0.3, 0.4) is 0 Å². The Bertz CT molecular complexity index is 3480. The van der Waals surface area contributed by atoms with Crippen molar-refractivity contribution in [1.29, 1.82) is 0 Å². The van der Waals surface area contributed by atoms with Crippen LogP contribution in [0.15, 0.2) is 164 Å². The largest absolute Gasteiger partial charge is 0.507 e. The minimum atomic E-state index is -0.595. The van der Waals surface area contributed by atoms with Crippen LogP contribution in [0.1, 0.15) is 129 Å². The fraction of sp³-hybridized carbons (Fsp3) is 0.304. The molecule has 2 saturated carbocycles. The van der Waals surface area contributed by atoms with Crippen molar-refractivity contribution in [2.24, 2.45) is 11.8 Å². The molecule has 2 aromatic heterocycles. The van der Waals surface area contributed by atoms with Gasteiger partial charge in [0.25, 0.3) is 0 Å². The Labute approximate surface area is 456 Å². The number of fused-ring (bicyclic) bond motifs is 1. The molecular formula is C69H70N3OPt-. The number of hydrogen-bond acceptors (Lipinski definition) is 3. The van der Waals surface area contributed by atoms with Crippen molar-refractivity contribution in [1.82, 2.24) is 14.5 Å². The Morgan fingerprint density at radius 2 is 1.23 bits per heavy atom. The molecule has 0 aliphatic heterocycles. The Morgan fingerprint density at radius 3 is 1.91 bits per heavy atom. The van der Waals surface area contributed by atoms with E-state index in [9.17, 15) is 6.48 Å². The van der Waals surface area contributed by atoms with Gasteiger partial charge in [-0.05, 0) is 123 Å². The molecule has 5 heteroatoms. The first-order chi connectivity index (χ1) is 35.6. The Morgan fingerprint density at radius 1 is 0.608 bits per heavy atom. The van der Waals surface area contributed by atoms with Crippen molar-refractivity contribution in [3.8, 4) is 78.6 Å². The third-order valence-electron chi connectivity index (χ3n) is 16.1. The van der Waals surface area contributed by atoms with Crippen molar-refractivity contribution < 1.29 is 27.5 Å². The third kappa shape index (κ3) is 10.4. The van der Waals surface area contributed by atoms with Gasteiger partial charge in [-0.15, -0.1) is 29.3 Å². The average molecular weight is 1150 g/mol. The molecule has 378 valence electrons. The fourth-order valence-corrected chi connectivity index (χ4v) is 11.7. The van der Waals surface area contributed by atoms with E-state index in [1.165, 1.54) is 49.7 Å². The summed E-state index contributed by atoms with van der Waals surface area (Å²) < 4.78 is 11.6. The smallest absolute Gasteiger partial charge is 0.148 e. The van der Waals surface area contributed by atoms with Gasteiger partial charge in [0.2, 0.25) is 0 Å². The van der Waals surface area contributed by atoms with Gasteiger partial charge in [0.15, 0.2) is 0 Å². The maximum absolute atomic E-state index is 12.8. The molecule has 2 aliphatic carbocycles. The van der Waals surface area contributed by atoms with Gasteiger partial charge in [-0.3, -0.25) is 9.55 Å². The van der Waals surface area contributed by atoms with E-state index >= 15 is 0 Å². The molecule has 9 aromatic rings. The average Bonchev–Trinajstić information content (AvgIpc) is 4.24. The predicted molar refractivity (Wildman–Crippen MR) is 305 cm³/mol. The summed E-state index contributed by atoms with van der Waals surface area (Å²) in [4.78, 5) is 10.7. The van der Waals surface area contributed by atoms with Crippen LogP contribution >= 0.6 is 0 Å². The number of nitrogens with zero attached hydrogens (tertiary/aromatic N) is 3. The second-order valence-corrected chi connectivity index (χ2v) is 23.2. The second kappa shape index (κ2) is 21.1. The number of benzene rings is 7. The first kappa shape index (κ1) is 49.8. The van der Waals surface area contributed by atoms with Gasteiger partial charge in [0.1, 0.15) is 11.6 Å². The zero-order chi connectivity index (χ0) is 51.4. The number of imidazole rings is 1. The monoisotopic (exact) mass is 1150 g/mol. The Hall–Kier alpha value is -6.35. The van der Waals surface area contributed by atoms with E-state index in [0.29, 0.717) is 23.2 Å². The molecular weight excluding hydrogens is 1080 g/mol. The van der Waals surface area contributed by atoms with Crippen molar-refractivity contribution in [3.63, 3.8) is 0 Å². The first-order valence-electron chi connectivity index (χ1n) is 27.4. The van der Waals surface area contributed by atoms with Crippen LogP contribution in [0.5, 0.6) is 5.75 Å². The van der Waals surface area contributed by atoms with Crippen molar-refractivity contribution >= 4 is 11.0 Å². The second-order valence-electron chi connectivity index (χ2n) is 23.2. The van der Waals surface area contributed by atoms with E-state index in [2.05, 4.69) is 199 Å². The van der Waals surface area contributed by atoms with Crippen LogP contribution in [-0.2, 0) is 38.3 Å². The normalized spacial score (nSPS) is 15.5. The van der Waals surface area contributed by atoms with Gasteiger partial charge < -0.3 is 5.11 Å². The summed E-state index contributed by atoms with van der Waals surface area (Å²) in [6, 6.07) is 60.2. The van der Waals surface area contributed by atoms with Gasteiger partial charge in [0.05, 0.1) is 22.3 Å². The summed E-state index contributed by atoms with van der Waals surface area (Å²) in [5.74, 6) is 1.38. The molecule has 11 rings (SSSR count). The molecule has 1 unspecified atom stereocenters. The van der Waals surface area contributed by atoms with E-state index in [0.717, 1.165) is 103 Å². The first-order valence-corrected chi connectivity index (χ1v) is 26.9. The van der Waals surface area contributed by atoms with Gasteiger partial charge in [-0.1, -0.05) is 207 Å². The maximum atomic E-state index is 12.8. The number of rotatable bonds is 11. The SMILES string of the molecule is [2H]C(C)(c1ccc(-c2ccnc(-c3[c-]c(-c4cccc5c4nc(-c4cc(C(C)(C)C)cc(-c6ccccc6)c4O)n5-c4ccc(CC5CCCC5)cc4-c4ccccc4)cc(C(C)(C)C)c3)c2)cc1)C1CCCC1.[Pt]. The Kier molecular flexibility index (Phi) is 14.2. The molecule has 0 amide bonds. The van der Waals surface area contributed by atoms with Crippen LogP contribution in [0.2, 0.25) is 0 Å². The minimum absolute atomic E-state index is 0. The summed E-state index contributed by atoms with van der Waals surface area (Å²) in [7, 11) is 0. The number of hydrogen-bond donors (Lipinski definition) is 1. The van der Waals surface area contributed by atoms with Crippen LogP contribution in [0.25, 0.3) is 83.9 Å². The van der Waals surface area contributed by atoms with Crippen molar-refractivity contribution in [2.45, 2.75) is 123 Å². The van der Waals surface area contributed by atoms with Gasteiger partial charge in [-0.25, -0.2) is 4.98 Å². The zero-order valence-corrected chi connectivity index (χ0v) is 46.5. The van der Waals surface area contributed by atoms with E-state index in [-0.39, 0.29) is 37.6 Å². The van der Waals surface area contributed by atoms with Gasteiger partial charge in [0, 0.05) is 45.5 Å². The summed E-state index contributed by atoms with van der Waals surface area (Å²) in [6.07, 6.45) is 12.9. The van der Waals surface area contributed by atoms with E-state index < -0.39 is 5.89 Å². The standard InChI is InChI=1S/C69H70N3O.Pt/c1-45(48-21-16-17-22-48)49-30-32-50(33-31-49)53-35-36-70-62(42-53)55-39-54(40-56(41-55)68(2,3)4)58-27-18-28-64-65(58)71-67(61-44-57(69(5,6)7)43-60(66(61)73)52-25-12-9-13-26-52)72(64)63-34-29-47(37-46-19-14-15-20-46)38-59(63)51-23-10-8-11-24-51;/h8-13,18,23-36,38,40-46,48,73H,14-17,19-22,37H2,1-7H3;/q-1;/i45D;. The summed E-state index contributed by atoms with van der Waals surface area (Å²) >= 11 is 0. The number of phenols is 1. The molecule has 2 fully saturated rings. The van der Waals surface area contributed by atoms with Crippen molar-refractivity contribution in [2.75, 3.05) is 0 Å². The molecule has 7 aromatic carbocycles. The Balaban J connectivity index is 0.00000641. The van der Waals surface area contributed by atoms with E-state index in [4.69, 9.17) is 9.97 Å². The van der Waals surface area contributed by atoms with Crippen LogP contribution in [-0.4, -0.2) is 19.6 Å². The molecule has 0 spiro atoms. The quantitative estimate of drug-likeness (QED) is 0.131. The number of para-hydroxylation sites is 1. The molecule has 0 radical (unpaired) electrons. The van der Waals surface area contributed by atoms with Crippen LogP contribution in [0.4, 0.5) is 0 Å². The van der Waals surface area contributed by atoms with Crippen LogP contribution in [0, 0.1) is 17.9 Å². The molecule has 4 nitrogen and oxygen atoms in total. The topological polar surface area (TPSA) is 50.9 Å². The van der Waals surface area contributed by atoms with Gasteiger partial charge in [-0.2, -0.15) is 0 Å². The van der Waals surface area contributed by atoms with Crippen LogP contribution < -0.4 is 0 Å². The molecule has 1 atom stereocenters. The number of aromatic hydroxyl groups is 1. The number of pyridine rings is 1. The maximum Gasteiger partial charge on any atom is 0.148 e. The number of phenolic OH excluding ortho intramolecular Hbond substituents is 1. The minimum Gasteiger partial charge on any atom is -0.507 e. The van der Waals surface area contributed by atoms with Gasteiger partial charge >= 0.3 is 0 Å². The summed E-state index contributed by atoms with van der Waals surface area (Å²) in [6.45, 7) is 15.6. The fourth-order valence-electron chi connectivity index (χ4n) is 11.7. The molecule has 0 saturated heterocycles. The summed E-state index contributed by atoms with van der Waals surface area (Å²) in [5, 5.41) is 12.8. The molecule has 74 heavy (non-hydrogen) atoms. The molecule has 1 N–H and O–H groups in total. The summed E-state index contributed by atoms with van der Waals surface area (Å²) in [5.41, 5.74) is 17.6. The molecule has 2 heterocycles. The number of aromatic nitrogens is 3. The van der Waals surface area contributed by atoms with E-state index in [1.807, 2.05) is 24.4 Å². The third-order valence-corrected chi connectivity index (χ3v) is 16.1. The molecule has 0 bridgehead atoms. The van der Waals surface area contributed by atoms with Crippen molar-refractivity contribution in [3.05, 3.63) is 192 Å².